The van der Waals surface area contributed by atoms with Gasteiger partial charge >= 0.3 is 0 Å². The number of ketones is 2. The van der Waals surface area contributed by atoms with E-state index in [0.29, 0.717) is 0 Å². The van der Waals surface area contributed by atoms with Gasteiger partial charge < -0.3 is 4.90 Å². The smallest absolute Gasteiger partial charge is 0.281 e. The van der Waals surface area contributed by atoms with Crippen molar-refractivity contribution >= 4 is 34.8 Å². The van der Waals surface area contributed by atoms with Gasteiger partial charge in [0, 0.05) is 25.2 Å². The lowest BCUT2D eigenvalue weighted by Crippen LogP contribution is -2.39. The first-order chi connectivity index (χ1) is 9.66. The molecule has 0 aliphatic carbocycles. The van der Waals surface area contributed by atoms with Crippen LogP contribution >= 0.6 is 11.6 Å². The molecule has 0 aliphatic rings. The van der Waals surface area contributed by atoms with E-state index >= 15 is 0 Å². The summed E-state index contributed by atoms with van der Waals surface area (Å²) >= 11 is 5.66. The zero-order chi connectivity index (χ0) is 16.3. The summed E-state index contributed by atoms with van der Waals surface area (Å²) in [5.41, 5.74) is -0.856. The van der Waals surface area contributed by atoms with Crippen LogP contribution in [0.25, 0.3) is 0 Å². The average Bonchev–Trinajstić information content (AvgIpc) is 2.37. The molecule has 0 fully saturated rings. The van der Waals surface area contributed by atoms with Crippen LogP contribution < -0.4 is 0 Å². The summed E-state index contributed by atoms with van der Waals surface area (Å²) in [6.45, 7) is 1.09. The van der Waals surface area contributed by atoms with Crippen molar-refractivity contribution in [3.8, 4) is 0 Å². The van der Waals surface area contributed by atoms with Crippen LogP contribution in [0.2, 0.25) is 5.02 Å². The Hall–Kier alpha value is -2.28. The number of hydrogen-bond donors (Lipinski definition) is 0. The van der Waals surface area contributed by atoms with Crippen molar-refractivity contribution in [2.45, 2.75) is 6.92 Å². The SMILES string of the molecule is CC(=O)C(C(=O)c1ccc(Cl)cc1[N+](=O)[O-])C(=O)N(C)C. The van der Waals surface area contributed by atoms with Gasteiger partial charge in [-0.15, -0.1) is 0 Å². The van der Waals surface area contributed by atoms with E-state index in [-0.39, 0.29) is 10.6 Å². The van der Waals surface area contributed by atoms with Crippen LogP contribution in [-0.2, 0) is 9.59 Å². The first-order valence-electron chi connectivity index (χ1n) is 5.86. The van der Waals surface area contributed by atoms with Gasteiger partial charge in [-0.2, -0.15) is 0 Å². The molecule has 0 N–H and O–H groups in total. The second kappa shape index (κ2) is 6.45. The molecule has 0 aromatic heterocycles. The van der Waals surface area contributed by atoms with Gasteiger partial charge in [0.05, 0.1) is 10.5 Å². The van der Waals surface area contributed by atoms with Gasteiger partial charge in [0.25, 0.3) is 5.69 Å². The first-order valence-corrected chi connectivity index (χ1v) is 6.24. The number of amides is 1. The van der Waals surface area contributed by atoms with Crippen molar-refractivity contribution in [2.24, 2.45) is 5.92 Å². The number of hydrogen-bond acceptors (Lipinski definition) is 5. The van der Waals surface area contributed by atoms with E-state index in [9.17, 15) is 24.5 Å². The third-order valence-corrected chi connectivity index (χ3v) is 3.01. The summed E-state index contributed by atoms with van der Waals surface area (Å²) < 4.78 is 0. The van der Waals surface area contributed by atoms with E-state index in [0.717, 1.165) is 24.0 Å². The monoisotopic (exact) mass is 312 g/mol. The molecule has 1 aromatic carbocycles. The Kier molecular flexibility index (Phi) is 5.15. The zero-order valence-corrected chi connectivity index (χ0v) is 12.4. The molecule has 0 bridgehead atoms. The standard InChI is InChI=1S/C13H13ClN2O5/c1-7(17)11(13(19)15(2)3)12(18)9-5-4-8(14)6-10(9)16(20)21/h4-6,11H,1-3H3. The summed E-state index contributed by atoms with van der Waals surface area (Å²) in [6.07, 6.45) is 0. The first kappa shape index (κ1) is 16.8. The van der Waals surface area contributed by atoms with Crippen LogP contribution in [0.3, 0.4) is 0 Å². The number of nitro groups is 1. The number of halogens is 1. The quantitative estimate of drug-likeness (QED) is 0.357. The average molecular weight is 313 g/mol. The van der Waals surface area contributed by atoms with Crippen LogP contribution in [0.15, 0.2) is 18.2 Å². The van der Waals surface area contributed by atoms with Crippen molar-refractivity contribution in [2.75, 3.05) is 14.1 Å². The van der Waals surface area contributed by atoms with E-state index in [1.54, 1.807) is 0 Å². The molecule has 112 valence electrons. The molecular weight excluding hydrogens is 300 g/mol. The number of carbonyl (C=O) groups is 3. The molecule has 21 heavy (non-hydrogen) atoms. The summed E-state index contributed by atoms with van der Waals surface area (Å²) in [4.78, 5) is 47.2. The lowest BCUT2D eigenvalue weighted by atomic mass is 9.92. The highest BCUT2D eigenvalue weighted by Gasteiger charge is 2.36. The third kappa shape index (κ3) is 3.63. The van der Waals surface area contributed by atoms with Crippen molar-refractivity contribution in [3.63, 3.8) is 0 Å². The predicted octanol–water partition coefficient (Wildman–Crippen LogP) is 1.72. The summed E-state index contributed by atoms with van der Waals surface area (Å²) in [5, 5.41) is 11.1. The number of nitro benzene ring substituents is 1. The molecule has 0 saturated carbocycles. The Balaban J connectivity index is 3.38. The molecule has 1 aromatic rings. The van der Waals surface area contributed by atoms with E-state index in [1.807, 2.05) is 0 Å². The molecule has 0 saturated heterocycles. The van der Waals surface area contributed by atoms with E-state index < -0.39 is 34.0 Å². The van der Waals surface area contributed by atoms with E-state index in [1.165, 1.54) is 20.2 Å². The molecule has 7 nitrogen and oxygen atoms in total. The fourth-order valence-corrected chi connectivity index (χ4v) is 1.91. The third-order valence-electron chi connectivity index (χ3n) is 2.78. The van der Waals surface area contributed by atoms with Crippen molar-refractivity contribution in [1.29, 1.82) is 0 Å². The topological polar surface area (TPSA) is 97.6 Å². The van der Waals surface area contributed by atoms with Crippen molar-refractivity contribution < 1.29 is 19.3 Å². The van der Waals surface area contributed by atoms with Gasteiger partial charge in [0.2, 0.25) is 5.91 Å². The largest absolute Gasteiger partial charge is 0.348 e. The highest BCUT2D eigenvalue weighted by atomic mass is 35.5. The molecule has 1 amide bonds. The maximum atomic E-state index is 12.4. The van der Waals surface area contributed by atoms with Gasteiger partial charge in [-0.3, -0.25) is 24.5 Å². The van der Waals surface area contributed by atoms with Gasteiger partial charge in [-0.05, 0) is 19.1 Å². The summed E-state index contributed by atoms with van der Waals surface area (Å²) in [6, 6.07) is 3.44. The Morgan fingerprint density at radius 3 is 2.29 bits per heavy atom. The number of carbonyl (C=O) groups excluding carboxylic acids is 3. The molecular formula is C13H13ClN2O5. The second-order valence-electron chi connectivity index (χ2n) is 4.56. The fraction of sp³-hybridized carbons (Fsp3) is 0.308. The fourth-order valence-electron chi connectivity index (χ4n) is 1.75. The molecule has 1 atom stereocenters. The summed E-state index contributed by atoms with van der Waals surface area (Å²) in [5.74, 6) is -3.91. The Morgan fingerprint density at radius 1 is 1.29 bits per heavy atom. The number of rotatable bonds is 5. The minimum atomic E-state index is -1.60. The van der Waals surface area contributed by atoms with Gasteiger partial charge in [0.1, 0.15) is 5.78 Å². The molecule has 0 aliphatic heterocycles. The minimum absolute atomic E-state index is 0.0801. The molecule has 0 spiro atoms. The van der Waals surface area contributed by atoms with Crippen molar-refractivity contribution in [3.05, 3.63) is 38.9 Å². The maximum absolute atomic E-state index is 12.4. The normalized spacial score (nSPS) is 11.6. The summed E-state index contributed by atoms with van der Waals surface area (Å²) in [7, 11) is 2.78. The van der Waals surface area contributed by atoms with Crippen LogP contribution in [0.4, 0.5) is 5.69 Å². The lowest BCUT2D eigenvalue weighted by molar-refractivity contribution is -0.385. The minimum Gasteiger partial charge on any atom is -0.348 e. The molecule has 0 heterocycles. The highest BCUT2D eigenvalue weighted by Crippen LogP contribution is 2.26. The lowest BCUT2D eigenvalue weighted by Gasteiger charge is -2.17. The predicted molar refractivity (Wildman–Crippen MR) is 75.3 cm³/mol. The van der Waals surface area contributed by atoms with Crippen LogP contribution in [0, 0.1) is 16.0 Å². The molecule has 1 unspecified atom stereocenters. The Bertz CT molecular complexity index is 627. The highest BCUT2D eigenvalue weighted by molar-refractivity contribution is 6.31. The van der Waals surface area contributed by atoms with Crippen LogP contribution in [-0.4, -0.2) is 41.4 Å². The molecule has 0 radical (unpaired) electrons. The van der Waals surface area contributed by atoms with Gasteiger partial charge in [0.15, 0.2) is 11.7 Å². The second-order valence-corrected chi connectivity index (χ2v) is 5.00. The maximum Gasteiger partial charge on any atom is 0.281 e. The van der Waals surface area contributed by atoms with Gasteiger partial charge in [-0.1, -0.05) is 11.6 Å². The van der Waals surface area contributed by atoms with Gasteiger partial charge in [-0.25, -0.2) is 0 Å². The Morgan fingerprint density at radius 2 is 1.86 bits per heavy atom. The van der Waals surface area contributed by atoms with E-state index in [2.05, 4.69) is 0 Å². The van der Waals surface area contributed by atoms with E-state index in [4.69, 9.17) is 11.6 Å². The number of nitrogens with zero attached hydrogens (tertiary/aromatic N) is 2. The molecule has 8 heteroatoms. The van der Waals surface area contributed by atoms with Crippen LogP contribution in [0.5, 0.6) is 0 Å². The molecule has 1 rings (SSSR count). The zero-order valence-electron chi connectivity index (χ0n) is 11.6. The number of benzene rings is 1. The Labute approximate surface area is 125 Å². The van der Waals surface area contributed by atoms with Crippen molar-refractivity contribution in [1.82, 2.24) is 4.90 Å². The number of Topliss-reactive ketones (excluding diaryl/α,β-unsaturated/α-hetero) is 2. The van der Waals surface area contributed by atoms with Crippen LogP contribution in [0.1, 0.15) is 17.3 Å².